The first-order valence-corrected chi connectivity index (χ1v) is 14.5. The number of nitrogens with one attached hydrogen (secondary N) is 3. The van der Waals surface area contributed by atoms with Gasteiger partial charge in [-0.2, -0.15) is 0 Å². The maximum Gasteiger partial charge on any atom is 0.243 e. The summed E-state index contributed by atoms with van der Waals surface area (Å²) in [5.74, 6) is -1.87. The van der Waals surface area contributed by atoms with Crippen LogP contribution in [0.25, 0.3) is 0 Å². The fourth-order valence-electron chi connectivity index (χ4n) is 5.30. The number of nitrogens with two attached hydrogens (primary N) is 1. The second-order valence-electron chi connectivity index (χ2n) is 11.1. The van der Waals surface area contributed by atoms with Crippen molar-refractivity contribution in [3.05, 3.63) is 65.0 Å². The molecule has 0 radical (unpaired) electrons. The van der Waals surface area contributed by atoms with Crippen LogP contribution in [0.5, 0.6) is 5.75 Å². The molecule has 1 heterocycles. The van der Waals surface area contributed by atoms with Crippen molar-refractivity contribution in [1.29, 1.82) is 0 Å². The van der Waals surface area contributed by atoms with Crippen molar-refractivity contribution in [2.45, 2.75) is 88.4 Å². The lowest BCUT2D eigenvalue weighted by molar-refractivity contribution is -0.132. The molecule has 1 aliphatic heterocycles. The van der Waals surface area contributed by atoms with E-state index in [-0.39, 0.29) is 37.3 Å². The van der Waals surface area contributed by atoms with Gasteiger partial charge in [0.15, 0.2) is 0 Å². The molecule has 41 heavy (non-hydrogen) atoms. The Kier molecular flexibility index (Phi) is 10.3. The van der Waals surface area contributed by atoms with Gasteiger partial charge in [-0.05, 0) is 73.8 Å². The van der Waals surface area contributed by atoms with E-state index in [9.17, 15) is 23.9 Å². The van der Waals surface area contributed by atoms with Crippen molar-refractivity contribution < 1.29 is 28.6 Å². The maximum atomic E-state index is 14.5. The Morgan fingerprint density at radius 2 is 1.98 bits per heavy atom. The third-order valence-electron chi connectivity index (χ3n) is 7.84. The maximum absolute atomic E-state index is 14.5. The molecule has 222 valence electrons. The molecule has 9 nitrogen and oxygen atoms in total. The number of amides is 3. The highest BCUT2D eigenvalue weighted by Crippen LogP contribution is 2.45. The number of hydrogen-bond acceptors (Lipinski definition) is 6. The smallest absolute Gasteiger partial charge is 0.243 e. The van der Waals surface area contributed by atoms with E-state index >= 15 is 0 Å². The van der Waals surface area contributed by atoms with Crippen LogP contribution in [0.15, 0.2) is 42.5 Å². The normalized spacial score (nSPS) is 22.1. The molecular weight excluding hydrogens is 527 g/mol. The third-order valence-corrected chi connectivity index (χ3v) is 7.84. The van der Waals surface area contributed by atoms with Crippen molar-refractivity contribution in [3.63, 3.8) is 0 Å². The van der Waals surface area contributed by atoms with Gasteiger partial charge < -0.3 is 31.5 Å². The molecule has 3 atom stereocenters. The van der Waals surface area contributed by atoms with Crippen molar-refractivity contribution in [1.82, 2.24) is 16.0 Å². The molecule has 2 aromatic rings. The van der Waals surface area contributed by atoms with Gasteiger partial charge >= 0.3 is 0 Å². The number of aryl methyl sites for hydroxylation is 1. The Hall–Kier alpha value is -3.50. The highest BCUT2D eigenvalue weighted by atomic mass is 19.1. The minimum absolute atomic E-state index is 0.0955. The highest BCUT2D eigenvalue weighted by molar-refractivity contribution is 5.91. The van der Waals surface area contributed by atoms with Crippen LogP contribution in [-0.2, 0) is 32.8 Å². The molecule has 3 unspecified atom stereocenters. The summed E-state index contributed by atoms with van der Waals surface area (Å²) in [6, 6.07) is 10.7. The molecule has 4 rings (SSSR count). The summed E-state index contributed by atoms with van der Waals surface area (Å²) in [6.45, 7) is 2.63. The van der Waals surface area contributed by atoms with Crippen LogP contribution in [-0.4, -0.2) is 54.2 Å². The molecule has 2 bridgehead atoms. The molecule has 0 aromatic heterocycles. The minimum Gasteiger partial charge on any atom is -0.493 e. The molecule has 2 aromatic carbocycles. The Morgan fingerprint density at radius 3 is 2.71 bits per heavy atom. The molecule has 1 aliphatic carbocycles. The average molecular weight is 569 g/mol. The SMILES string of the molecule is CCc1cccc(C2(NCC(O)C3Cc4cc(F)cc(c4)OCCCCCC(=O)NC(CC(N)=O)C(=O)N3)CC2)c1. The van der Waals surface area contributed by atoms with Crippen molar-refractivity contribution in [2.75, 3.05) is 13.2 Å². The lowest BCUT2D eigenvalue weighted by Gasteiger charge is -2.29. The topological polar surface area (TPSA) is 143 Å². The molecule has 1 fully saturated rings. The van der Waals surface area contributed by atoms with E-state index in [0.29, 0.717) is 37.2 Å². The van der Waals surface area contributed by atoms with Crippen LogP contribution < -0.4 is 26.4 Å². The number of carbonyl (C=O) groups excluding carboxylic acids is 3. The van der Waals surface area contributed by atoms with E-state index in [1.165, 1.54) is 17.7 Å². The van der Waals surface area contributed by atoms with Gasteiger partial charge in [0.05, 0.1) is 25.2 Å². The zero-order valence-corrected chi connectivity index (χ0v) is 23.6. The van der Waals surface area contributed by atoms with E-state index in [0.717, 1.165) is 24.8 Å². The zero-order chi connectivity index (χ0) is 29.4. The minimum atomic E-state index is -1.19. The number of aliphatic hydroxyl groups is 1. The van der Waals surface area contributed by atoms with Gasteiger partial charge in [-0.15, -0.1) is 0 Å². The molecule has 6 N–H and O–H groups in total. The number of primary amides is 1. The summed E-state index contributed by atoms with van der Waals surface area (Å²) in [5.41, 5.74) is 8.04. The fourth-order valence-corrected chi connectivity index (χ4v) is 5.30. The Bertz CT molecular complexity index is 1230. The predicted molar refractivity (Wildman–Crippen MR) is 152 cm³/mol. The average Bonchev–Trinajstić information content (AvgIpc) is 3.73. The van der Waals surface area contributed by atoms with Gasteiger partial charge in [-0.1, -0.05) is 31.2 Å². The summed E-state index contributed by atoms with van der Waals surface area (Å²) < 4.78 is 20.3. The van der Waals surface area contributed by atoms with E-state index in [2.05, 4.69) is 41.1 Å². The van der Waals surface area contributed by atoms with Crippen LogP contribution >= 0.6 is 0 Å². The second kappa shape index (κ2) is 13.9. The van der Waals surface area contributed by atoms with Crippen LogP contribution in [0, 0.1) is 5.82 Å². The Labute approximate surface area is 240 Å². The first-order chi connectivity index (χ1) is 19.7. The number of ether oxygens (including phenoxy) is 1. The van der Waals surface area contributed by atoms with E-state index in [1.807, 2.05) is 6.07 Å². The van der Waals surface area contributed by atoms with Gasteiger partial charge in [-0.25, -0.2) is 4.39 Å². The number of fused-ring (bicyclic) bond motifs is 2. The summed E-state index contributed by atoms with van der Waals surface area (Å²) in [6.07, 6.45) is 3.50. The first kappa shape index (κ1) is 30.5. The number of halogens is 1. The Balaban J connectivity index is 1.56. The molecule has 1 saturated carbocycles. The molecule has 0 saturated heterocycles. The van der Waals surface area contributed by atoms with Crippen molar-refractivity contribution in [2.24, 2.45) is 5.73 Å². The summed E-state index contributed by atoms with van der Waals surface area (Å²) in [4.78, 5) is 37.6. The van der Waals surface area contributed by atoms with E-state index in [4.69, 9.17) is 10.5 Å². The van der Waals surface area contributed by atoms with Crippen LogP contribution in [0.4, 0.5) is 4.39 Å². The fraction of sp³-hybridized carbons (Fsp3) is 0.516. The predicted octanol–water partition coefficient (Wildman–Crippen LogP) is 2.37. The number of hydrogen-bond donors (Lipinski definition) is 5. The van der Waals surface area contributed by atoms with Crippen LogP contribution in [0.2, 0.25) is 0 Å². The molecule has 3 amide bonds. The highest BCUT2D eigenvalue weighted by Gasteiger charge is 2.44. The largest absolute Gasteiger partial charge is 0.493 e. The number of rotatable bonds is 8. The quantitative estimate of drug-likeness (QED) is 0.331. The van der Waals surface area contributed by atoms with Crippen LogP contribution in [0.1, 0.15) is 68.6 Å². The van der Waals surface area contributed by atoms with Gasteiger partial charge in [-0.3, -0.25) is 14.4 Å². The summed E-state index contributed by atoms with van der Waals surface area (Å²) in [5, 5.41) is 20.3. The standard InChI is InChI=1S/C31H41FN4O5/c1-2-20-7-6-8-22(13-20)31(10-11-31)34-19-27(37)25-16-21-14-23(32)17-24(15-21)41-12-5-3-4-9-29(39)35-26(18-28(33)38)30(40)36-25/h6-8,13-15,17,25-27,34,37H,2-5,9-12,16,18-19H2,1H3,(H2,33,38)(H,35,39)(H,36,40). The molecule has 10 heteroatoms. The first-order valence-electron chi connectivity index (χ1n) is 14.5. The van der Waals surface area contributed by atoms with Gasteiger partial charge in [0.2, 0.25) is 17.7 Å². The lowest BCUT2D eigenvalue weighted by atomic mass is 9.98. The number of benzene rings is 2. The second-order valence-corrected chi connectivity index (χ2v) is 11.1. The van der Waals surface area contributed by atoms with Gasteiger partial charge in [0.1, 0.15) is 17.6 Å². The van der Waals surface area contributed by atoms with E-state index < -0.39 is 35.8 Å². The molecular formula is C31H41FN4O5. The summed E-state index contributed by atoms with van der Waals surface area (Å²) in [7, 11) is 0. The van der Waals surface area contributed by atoms with E-state index in [1.54, 1.807) is 6.07 Å². The molecule has 0 spiro atoms. The lowest BCUT2D eigenvalue weighted by Crippen LogP contribution is -2.56. The Morgan fingerprint density at radius 1 is 1.17 bits per heavy atom. The third kappa shape index (κ3) is 8.74. The number of aliphatic hydroxyl groups excluding tert-OH is 1. The molecule has 2 aliphatic rings. The van der Waals surface area contributed by atoms with Crippen molar-refractivity contribution in [3.8, 4) is 5.75 Å². The van der Waals surface area contributed by atoms with Crippen molar-refractivity contribution >= 4 is 17.7 Å². The summed E-state index contributed by atoms with van der Waals surface area (Å²) >= 11 is 0. The van der Waals surface area contributed by atoms with Gasteiger partial charge in [0, 0.05) is 24.6 Å². The monoisotopic (exact) mass is 568 g/mol. The van der Waals surface area contributed by atoms with Crippen LogP contribution in [0.3, 0.4) is 0 Å². The number of carbonyl (C=O) groups is 3. The van der Waals surface area contributed by atoms with Gasteiger partial charge in [0.25, 0.3) is 0 Å². The zero-order valence-electron chi connectivity index (χ0n) is 23.6.